The highest BCUT2D eigenvalue weighted by Crippen LogP contribution is 2.27. The zero-order valence-corrected chi connectivity index (χ0v) is 9.95. The van der Waals surface area contributed by atoms with Crippen LogP contribution in [0.5, 0.6) is 0 Å². The molecule has 1 rings (SSSR count). The number of nitrogens with one attached hydrogen (secondary N) is 1. The summed E-state index contributed by atoms with van der Waals surface area (Å²) in [5.74, 6) is -3.41. The molecule has 1 amide bonds. The summed E-state index contributed by atoms with van der Waals surface area (Å²) in [5, 5.41) is 2.01. The van der Waals surface area contributed by atoms with Crippen LogP contribution in [0.25, 0.3) is 0 Å². The Hall–Kier alpha value is -2.71. The van der Waals surface area contributed by atoms with E-state index < -0.39 is 29.2 Å². The van der Waals surface area contributed by atoms with Crippen LogP contribution in [0.1, 0.15) is 6.92 Å². The highest BCUT2D eigenvalue weighted by molar-refractivity contribution is 5.94. The van der Waals surface area contributed by atoms with Gasteiger partial charge in [0.25, 0.3) is 0 Å². The third-order valence-electron chi connectivity index (χ3n) is 1.85. The van der Waals surface area contributed by atoms with E-state index in [2.05, 4.69) is 9.98 Å². The Morgan fingerprint density at radius 1 is 1.26 bits per heavy atom. The first kappa shape index (κ1) is 14.4. The lowest BCUT2D eigenvalue weighted by molar-refractivity contribution is -0.114. The second kappa shape index (κ2) is 5.76. The fourth-order valence-electron chi connectivity index (χ4n) is 1.20. The fourth-order valence-corrected chi connectivity index (χ4v) is 1.20. The molecule has 0 aliphatic rings. The summed E-state index contributed by atoms with van der Waals surface area (Å²) in [6.07, 6.45) is 0. The highest BCUT2D eigenvalue weighted by Gasteiger charge is 2.14. The number of amides is 1. The predicted molar refractivity (Wildman–Crippen MR) is 67.8 cm³/mol. The molecule has 7 nitrogen and oxygen atoms in total. The van der Waals surface area contributed by atoms with Gasteiger partial charge in [0.15, 0.2) is 11.8 Å². The minimum atomic E-state index is -1.08. The zero-order valence-electron chi connectivity index (χ0n) is 9.95. The SMILES string of the molecule is CC(=O)Nc1c(F)ccc(N=C(N)N=C(N)N)c1F. The van der Waals surface area contributed by atoms with E-state index in [1.165, 1.54) is 0 Å². The first-order chi connectivity index (χ1) is 8.81. The summed E-state index contributed by atoms with van der Waals surface area (Å²) in [7, 11) is 0. The van der Waals surface area contributed by atoms with Crippen LogP contribution in [-0.4, -0.2) is 17.8 Å². The van der Waals surface area contributed by atoms with Crippen LogP contribution in [0.3, 0.4) is 0 Å². The number of hydrogen-bond donors (Lipinski definition) is 4. The van der Waals surface area contributed by atoms with Crippen molar-refractivity contribution in [3.63, 3.8) is 0 Å². The Bertz CT molecular complexity index is 565. The van der Waals surface area contributed by atoms with E-state index in [4.69, 9.17) is 17.2 Å². The molecule has 0 heterocycles. The van der Waals surface area contributed by atoms with E-state index in [0.717, 1.165) is 19.1 Å². The van der Waals surface area contributed by atoms with Crippen LogP contribution < -0.4 is 22.5 Å². The number of rotatable bonds is 2. The molecule has 0 saturated heterocycles. The minimum absolute atomic E-state index is 0.312. The number of benzene rings is 1. The van der Waals surface area contributed by atoms with Crippen LogP contribution in [0.15, 0.2) is 22.1 Å². The molecule has 0 unspecified atom stereocenters. The number of aliphatic imine (C=N–C) groups is 2. The summed E-state index contributed by atoms with van der Waals surface area (Å²) < 4.78 is 27.2. The summed E-state index contributed by atoms with van der Waals surface area (Å²) in [5.41, 5.74) is 14.5. The molecule has 102 valence electrons. The number of anilines is 1. The molecule has 0 saturated carbocycles. The Balaban J connectivity index is 3.24. The fraction of sp³-hybridized carbons (Fsp3) is 0.100. The van der Waals surface area contributed by atoms with Gasteiger partial charge in [-0.1, -0.05) is 0 Å². The first-order valence-electron chi connectivity index (χ1n) is 5.00. The van der Waals surface area contributed by atoms with Crippen molar-refractivity contribution in [2.75, 3.05) is 5.32 Å². The highest BCUT2D eigenvalue weighted by atomic mass is 19.1. The molecule has 0 aliphatic carbocycles. The Kier molecular flexibility index (Phi) is 4.35. The number of hydrogen-bond acceptors (Lipinski definition) is 2. The summed E-state index contributed by atoms with van der Waals surface area (Å²) in [6, 6.07) is 1.96. The maximum absolute atomic E-state index is 13.9. The van der Waals surface area contributed by atoms with E-state index in [9.17, 15) is 13.6 Å². The summed E-state index contributed by atoms with van der Waals surface area (Å²) in [4.78, 5) is 17.8. The maximum Gasteiger partial charge on any atom is 0.223 e. The van der Waals surface area contributed by atoms with Gasteiger partial charge in [0.2, 0.25) is 11.9 Å². The van der Waals surface area contributed by atoms with Gasteiger partial charge >= 0.3 is 0 Å². The number of halogens is 2. The van der Waals surface area contributed by atoms with Crippen molar-refractivity contribution in [3.8, 4) is 0 Å². The van der Waals surface area contributed by atoms with Crippen LogP contribution in [0.4, 0.5) is 20.2 Å². The molecule has 7 N–H and O–H groups in total. The average Bonchev–Trinajstić information content (AvgIpc) is 2.27. The number of carbonyl (C=O) groups is 1. The molecule has 0 fully saturated rings. The molecule has 0 aromatic heterocycles. The van der Waals surface area contributed by atoms with Crippen molar-refractivity contribution in [1.82, 2.24) is 0 Å². The first-order valence-corrected chi connectivity index (χ1v) is 5.00. The second-order valence-electron chi connectivity index (χ2n) is 3.44. The van der Waals surface area contributed by atoms with Gasteiger partial charge < -0.3 is 22.5 Å². The zero-order chi connectivity index (χ0) is 14.6. The van der Waals surface area contributed by atoms with Crippen LogP contribution in [0.2, 0.25) is 0 Å². The largest absolute Gasteiger partial charge is 0.370 e. The predicted octanol–water partition coefficient (Wildman–Crippen LogP) is 0.143. The standard InChI is InChI=1S/C10H12F2N6O/c1-4(19)16-8-5(11)2-3-6(7(8)12)17-10(15)18-9(13)14/h2-3H,1H3,(H,16,19)(H6,13,14,15,17,18). The van der Waals surface area contributed by atoms with Crippen LogP contribution in [-0.2, 0) is 4.79 Å². The van der Waals surface area contributed by atoms with Crippen LogP contribution >= 0.6 is 0 Å². The normalized spacial score (nSPS) is 11.0. The summed E-state index contributed by atoms with van der Waals surface area (Å²) >= 11 is 0. The van der Waals surface area contributed by atoms with E-state index >= 15 is 0 Å². The van der Waals surface area contributed by atoms with Gasteiger partial charge in [-0.3, -0.25) is 4.79 Å². The quantitative estimate of drug-likeness (QED) is 0.449. The van der Waals surface area contributed by atoms with Crippen molar-refractivity contribution in [3.05, 3.63) is 23.8 Å². The minimum Gasteiger partial charge on any atom is -0.370 e. The lowest BCUT2D eigenvalue weighted by Gasteiger charge is -2.07. The molecule has 0 radical (unpaired) electrons. The number of carbonyl (C=O) groups excluding carboxylic acids is 1. The second-order valence-corrected chi connectivity index (χ2v) is 3.44. The molecule has 0 bridgehead atoms. The van der Waals surface area contributed by atoms with Gasteiger partial charge in [0.05, 0.1) is 0 Å². The average molecular weight is 270 g/mol. The van der Waals surface area contributed by atoms with E-state index in [-0.39, 0.29) is 11.6 Å². The van der Waals surface area contributed by atoms with Crippen molar-refractivity contribution in [1.29, 1.82) is 0 Å². The molecule has 0 spiro atoms. The molecule has 19 heavy (non-hydrogen) atoms. The molecule has 0 aliphatic heterocycles. The van der Waals surface area contributed by atoms with E-state index in [0.29, 0.717) is 0 Å². The monoisotopic (exact) mass is 270 g/mol. The number of nitrogens with two attached hydrogens (primary N) is 3. The van der Waals surface area contributed by atoms with Gasteiger partial charge in [-0.25, -0.2) is 13.8 Å². The number of guanidine groups is 2. The smallest absolute Gasteiger partial charge is 0.223 e. The van der Waals surface area contributed by atoms with Gasteiger partial charge in [0, 0.05) is 6.92 Å². The molecule has 0 atom stereocenters. The molecular weight excluding hydrogens is 258 g/mol. The molecule has 9 heteroatoms. The van der Waals surface area contributed by atoms with Crippen molar-refractivity contribution < 1.29 is 13.6 Å². The third-order valence-corrected chi connectivity index (χ3v) is 1.85. The molecule has 1 aromatic rings. The van der Waals surface area contributed by atoms with Crippen molar-refractivity contribution in [2.24, 2.45) is 27.2 Å². The van der Waals surface area contributed by atoms with Gasteiger partial charge in [-0.15, -0.1) is 0 Å². The van der Waals surface area contributed by atoms with E-state index in [1.807, 2.05) is 5.32 Å². The number of nitrogens with zero attached hydrogens (tertiary/aromatic N) is 2. The maximum atomic E-state index is 13.9. The Morgan fingerprint density at radius 3 is 2.42 bits per heavy atom. The van der Waals surface area contributed by atoms with Gasteiger partial charge in [-0.2, -0.15) is 4.99 Å². The van der Waals surface area contributed by atoms with Gasteiger partial charge in [0.1, 0.15) is 17.2 Å². The lowest BCUT2D eigenvalue weighted by atomic mass is 10.2. The van der Waals surface area contributed by atoms with Crippen molar-refractivity contribution >= 4 is 29.2 Å². The Morgan fingerprint density at radius 2 is 1.89 bits per heavy atom. The van der Waals surface area contributed by atoms with E-state index in [1.54, 1.807) is 0 Å². The van der Waals surface area contributed by atoms with Crippen LogP contribution in [0, 0.1) is 11.6 Å². The topological polar surface area (TPSA) is 132 Å². The Labute approximate surface area is 107 Å². The third kappa shape index (κ3) is 3.91. The summed E-state index contributed by atoms with van der Waals surface area (Å²) in [6.45, 7) is 1.11. The molecular formula is C10H12F2N6O. The van der Waals surface area contributed by atoms with Gasteiger partial charge in [-0.05, 0) is 12.1 Å². The lowest BCUT2D eigenvalue weighted by Crippen LogP contribution is -2.26. The molecule has 1 aromatic carbocycles. The van der Waals surface area contributed by atoms with Crippen molar-refractivity contribution in [2.45, 2.75) is 6.92 Å².